The number of carbonyl (C=O) groups is 2. The Morgan fingerprint density at radius 2 is 1.64 bits per heavy atom. The number of ether oxygens (including phenoxy) is 2. The van der Waals surface area contributed by atoms with Gasteiger partial charge < -0.3 is 25.0 Å². The van der Waals surface area contributed by atoms with E-state index in [1.165, 1.54) is 6.07 Å². The lowest BCUT2D eigenvalue weighted by Crippen LogP contribution is -2.59. The summed E-state index contributed by atoms with van der Waals surface area (Å²) < 4.78 is 38.8. The molecule has 0 spiro atoms. The molecule has 0 unspecified atom stereocenters. The topological polar surface area (TPSA) is 106 Å². The quantitative estimate of drug-likeness (QED) is 0.422. The van der Waals surface area contributed by atoms with Gasteiger partial charge in [0.15, 0.2) is 6.29 Å². The molecule has 4 fully saturated rings. The van der Waals surface area contributed by atoms with Crippen LogP contribution in [-0.4, -0.2) is 59.5 Å². The minimum absolute atomic E-state index is 0.00631. The van der Waals surface area contributed by atoms with Crippen LogP contribution in [0.3, 0.4) is 0 Å². The normalized spacial score (nSPS) is 24.6. The molecule has 0 radical (unpaired) electrons. The second-order valence-corrected chi connectivity index (χ2v) is 12.3. The number of nitrogens with one attached hydrogen (secondary N) is 2. The van der Waals surface area contributed by atoms with Gasteiger partial charge >= 0.3 is 0 Å². The third kappa shape index (κ3) is 5.86. The van der Waals surface area contributed by atoms with Crippen molar-refractivity contribution in [2.75, 3.05) is 32.6 Å². The fourth-order valence-corrected chi connectivity index (χ4v) is 6.98. The van der Waals surface area contributed by atoms with Gasteiger partial charge in [-0.25, -0.2) is 18.7 Å². The van der Waals surface area contributed by atoms with Crippen LogP contribution in [0.5, 0.6) is 0 Å². The highest BCUT2D eigenvalue weighted by Gasteiger charge is 2.53. The summed E-state index contributed by atoms with van der Waals surface area (Å²) in [6, 6.07) is 4.51. The Morgan fingerprint density at radius 1 is 1.02 bits per heavy atom. The maximum atomic E-state index is 13.6. The number of amides is 2. The van der Waals surface area contributed by atoms with Crippen LogP contribution in [0.4, 0.5) is 14.6 Å². The van der Waals surface area contributed by atoms with E-state index >= 15 is 0 Å². The SMILES string of the molecule is Cc1nc(CC(=O)NC23CCC(C(=O)N(C)C)(CC2)CC3)c(C2OCCO2)c(N[C@H](C)c2cccc(C(F)F)c2C)n1. The van der Waals surface area contributed by atoms with E-state index in [2.05, 4.69) is 20.6 Å². The van der Waals surface area contributed by atoms with Crippen molar-refractivity contribution in [3.8, 4) is 0 Å². The zero-order valence-corrected chi connectivity index (χ0v) is 25.1. The molecule has 1 saturated heterocycles. The summed E-state index contributed by atoms with van der Waals surface area (Å²) >= 11 is 0. The lowest BCUT2D eigenvalue weighted by atomic mass is 9.56. The van der Waals surface area contributed by atoms with Crippen molar-refractivity contribution in [1.29, 1.82) is 0 Å². The first-order valence-electron chi connectivity index (χ1n) is 14.7. The Kier molecular flexibility index (Phi) is 8.53. The molecule has 1 aliphatic heterocycles. The van der Waals surface area contributed by atoms with Gasteiger partial charge in [-0.3, -0.25) is 9.59 Å². The van der Waals surface area contributed by atoms with Crippen molar-refractivity contribution >= 4 is 17.6 Å². The molecule has 2 aromatic rings. The number of fused-ring (bicyclic) bond motifs is 3. The molecule has 228 valence electrons. The Labute approximate surface area is 245 Å². The molecule has 1 aromatic heterocycles. The number of benzene rings is 1. The molecule has 11 heteroatoms. The second kappa shape index (κ2) is 11.8. The maximum Gasteiger partial charge on any atom is 0.264 e. The highest BCUT2D eigenvalue weighted by Crippen LogP contribution is 2.53. The summed E-state index contributed by atoms with van der Waals surface area (Å²) in [5.74, 6) is 0.949. The summed E-state index contributed by atoms with van der Waals surface area (Å²) in [6.45, 7) is 6.11. The first kappa shape index (κ1) is 30.3. The van der Waals surface area contributed by atoms with E-state index in [1.54, 1.807) is 38.9 Å². The third-order valence-corrected chi connectivity index (χ3v) is 9.31. The van der Waals surface area contributed by atoms with E-state index in [-0.39, 0.29) is 40.8 Å². The fourth-order valence-electron chi connectivity index (χ4n) is 6.98. The predicted octanol–water partition coefficient (Wildman–Crippen LogP) is 5.09. The molecule has 3 aliphatic carbocycles. The number of alkyl halides is 2. The highest BCUT2D eigenvalue weighted by molar-refractivity contribution is 5.83. The first-order chi connectivity index (χ1) is 19.9. The number of nitrogens with zero attached hydrogens (tertiary/aromatic N) is 3. The second-order valence-electron chi connectivity index (χ2n) is 12.3. The minimum Gasteiger partial charge on any atom is -0.363 e. The average Bonchev–Trinajstić information content (AvgIpc) is 3.47. The molecule has 6 rings (SSSR count). The zero-order chi connectivity index (χ0) is 30.2. The van der Waals surface area contributed by atoms with Gasteiger partial charge in [0.1, 0.15) is 11.6 Å². The number of aromatic nitrogens is 2. The van der Waals surface area contributed by atoms with E-state index < -0.39 is 12.7 Å². The number of hydrogen-bond donors (Lipinski definition) is 2. The van der Waals surface area contributed by atoms with Crippen molar-refractivity contribution < 1.29 is 27.8 Å². The third-order valence-electron chi connectivity index (χ3n) is 9.31. The Balaban J connectivity index is 1.37. The first-order valence-corrected chi connectivity index (χ1v) is 14.7. The molecule has 9 nitrogen and oxygen atoms in total. The van der Waals surface area contributed by atoms with Gasteiger partial charge in [0.05, 0.1) is 36.9 Å². The Hall–Kier alpha value is -3.18. The van der Waals surface area contributed by atoms with Crippen molar-refractivity contribution in [3.63, 3.8) is 0 Å². The Morgan fingerprint density at radius 3 is 2.24 bits per heavy atom. The maximum absolute atomic E-state index is 13.6. The Bertz CT molecular complexity index is 1320. The van der Waals surface area contributed by atoms with E-state index in [1.807, 2.05) is 13.0 Å². The molecular formula is C31H41F2N5O4. The molecule has 4 aliphatic rings. The van der Waals surface area contributed by atoms with Crippen molar-refractivity contribution in [1.82, 2.24) is 20.2 Å². The molecule has 2 N–H and O–H groups in total. The van der Waals surface area contributed by atoms with Crippen LogP contribution in [0.2, 0.25) is 0 Å². The van der Waals surface area contributed by atoms with Crippen LogP contribution in [0.25, 0.3) is 0 Å². The van der Waals surface area contributed by atoms with Gasteiger partial charge in [0.2, 0.25) is 11.8 Å². The number of halogens is 2. The van der Waals surface area contributed by atoms with E-state index in [0.717, 1.165) is 44.1 Å². The smallest absolute Gasteiger partial charge is 0.264 e. The number of rotatable bonds is 9. The summed E-state index contributed by atoms with van der Waals surface area (Å²) in [6.07, 6.45) is 1.29. The van der Waals surface area contributed by atoms with E-state index in [0.29, 0.717) is 41.7 Å². The van der Waals surface area contributed by atoms with Gasteiger partial charge in [0, 0.05) is 30.6 Å². The van der Waals surface area contributed by atoms with Gasteiger partial charge in [-0.2, -0.15) is 0 Å². The van der Waals surface area contributed by atoms with Crippen LogP contribution in [0.15, 0.2) is 18.2 Å². The van der Waals surface area contributed by atoms with Crippen molar-refractivity contribution in [2.24, 2.45) is 5.41 Å². The average molecular weight is 586 g/mol. The van der Waals surface area contributed by atoms with Gasteiger partial charge in [-0.05, 0) is 70.4 Å². The van der Waals surface area contributed by atoms with E-state index in [4.69, 9.17) is 9.47 Å². The summed E-state index contributed by atoms with van der Waals surface area (Å²) in [4.78, 5) is 37.4. The molecular weight excluding hydrogens is 544 g/mol. The molecule has 42 heavy (non-hydrogen) atoms. The largest absolute Gasteiger partial charge is 0.363 e. The molecule has 2 heterocycles. The monoisotopic (exact) mass is 585 g/mol. The standard InChI is InChI=1S/C31H41F2N5O4/c1-18-21(7-6-8-22(18)26(32)33)19(2)34-27-25(28-41-15-16-42-28)23(35-20(3)36-27)17-24(39)37-31-12-9-30(10-13-31,11-14-31)29(40)38(4)5/h6-8,19,26,28H,9-17H2,1-5H3,(H,37,39)(H,34,35,36)/t19-,30?,31?/m1/s1. The van der Waals surface area contributed by atoms with Crippen LogP contribution in [-0.2, 0) is 25.5 Å². The summed E-state index contributed by atoms with van der Waals surface area (Å²) in [5.41, 5.74) is 1.64. The van der Waals surface area contributed by atoms with Gasteiger partial charge in [0.25, 0.3) is 6.43 Å². The van der Waals surface area contributed by atoms with Gasteiger partial charge in [-0.15, -0.1) is 0 Å². The van der Waals surface area contributed by atoms with Crippen LogP contribution in [0.1, 0.15) is 98.0 Å². The molecule has 3 saturated carbocycles. The van der Waals surface area contributed by atoms with Crippen LogP contribution in [0, 0.1) is 19.3 Å². The van der Waals surface area contributed by atoms with Gasteiger partial charge in [-0.1, -0.05) is 18.2 Å². The zero-order valence-electron chi connectivity index (χ0n) is 25.1. The number of carbonyl (C=O) groups excluding carboxylic acids is 2. The van der Waals surface area contributed by atoms with Crippen LogP contribution >= 0.6 is 0 Å². The lowest BCUT2D eigenvalue weighted by Gasteiger charge is -2.53. The number of anilines is 1. The van der Waals surface area contributed by atoms with Crippen molar-refractivity contribution in [3.05, 3.63) is 52.0 Å². The fraction of sp³-hybridized carbons (Fsp3) is 0.613. The van der Waals surface area contributed by atoms with Crippen LogP contribution < -0.4 is 10.6 Å². The molecule has 2 bridgehead atoms. The minimum atomic E-state index is -2.57. The van der Waals surface area contributed by atoms with E-state index in [9.17, 15) is 18.4 Å². The predicted molar refractivity (Wildman–Crippen MR) is 153 cm³/mol. The summed E-state index contributed by atoms with van der Waals surface area (Å²) in [7, 11) is 3.61. The van der Waals surface area contributed by atoms with Crippen molar-refractivity contribution in [2.45, 2.75) is 90.0 Å². The number of aryl methyl sites for hydroxylation is 1. The number of hydrogen-bond acceptors (Lipinski definition) is 7. The highest BCUT2D eigenvalue weighted by atomic mass is 19.3. The molecule has 2 amide bonds. The molecule has 1 aromatic carbocycles. The lowest BCUT2D eigenvalue weighted by molar-refractivity contribution is -0.147. The molecule has 1 atom stereocenters. The summed E-state index contributed by atoms with van der Waals surface area (Å²) in [5, 5.41) is 6.68.